The minimum Gasteiger partial charge on any atom is -0.462 e. The summed E-state index contributed by atoms with van der Waals surface area (Å²) in [7, 11) is 0. The van der Waals surface area contributed by atoms with Gasteiger partial charge in [0, 0.05) is 0 Å². The predicted molar refractivity (Wildman–Crippen MR) is 135 cm³/mol. The molecule has 33 heavy (non-hydrogen) atoms. The molecule has 3 rings (SSSR count). The molecule has 0 aliphatic carbocycles. The van der Waals surface area contributed by atoms with Gasteiger partial charge in [-0.25, -0.2) is 9.59 Å². The van der Waals surface area contributed by atoms with Crippen LogP contribution in [0.4, 0.5) is 0 Å². The number of carbonyl (C=O) groups excluding carboxylic acids is 2. The van der Waals surface area contributed by atoms with Crippen LogP contribution in [0.5, 0.6) is 0 Å². The highest BCUT2D eigenvalue weighted by Crippen LogP contribution is 2.34. The molecule has 0 aliphatic rings. The summed E-state index contributed by atoms with van der Waals surface area (Å²) < 4.78 is 11.3. The summed E-state index contributed by atoms with van der Waals surface area (Å²) in [5.41, 5.74) is 2.07. The van der Waals surface area contributed by atoms with Crippen molar-refractivity contribution in [3.8, 4) is 0 Å². The van der Waals surface area contributed by atoms with E-state index in [-0.39, 0.29) is 11.9 Å². The van der Waals surface area contributed by atoms with Gasteiger partial charge >= 0.3 is 11.9 Å². The van der Waals surface area contributed by atoms with Gasteiger partial charge in [0.1, 0.15) is 0 Å². The van der Waals surface area contributed by atoms with Gasteiger partial charge in [0.15, 0.2) is 0 Å². The Morgan fingerprint density at radius 1 is 0.636 bits per heavy atom. The molecule has 0 saturated heterocycles. The standard InChI is InChI=1S/C29H36O4/c1-4-6-8-12-18-32-28(30)26-22-14-10-11-15-23(22)27(25-20-21(3)16-17-24(25)26)29(31)33-19-13-9-7-5-2/h10-11,14-17,20H,4-9,12-13,18-19H2,1-3H3. The molecule has 0 fully saturated rings. The molecule has 3 aromatic rings. The van der Waals surface area contributed by atoms with E-state index >= 15 is 0 Å². The lowest BCUT2D eigenvalue weighted by Gasteiger charge is -2.16. The van der Waals surface area contributed by atoms with Crippen molar-refractivity contribution in [3.05, 3.63) is 59.2 Å². The number of unbranched alkanes of at least 4 members (excludes halogenated alkanes) is 6. The van der Waals surface area contributed by atoms with E-state index in [0.717, 1.165) is 78.5 Å². The van der Waals surface area contributed by atoms with Crippen LogP contribution in [-0.2, 0) is 9.47 Å². The highest BCUT2D eigenvalue weighted by atomic mass is 16.5. The van der Waals surface area contributed by atoms with Gasteiger partial charge in [0.25, 0.3) is 0 Å². The second kappa shape index (κ2) is 12.4. The van der Waals surface area contributed by atoms with Crippen LogP contribution in [0.2, 0.25) is 0 Å². The second-order valence-electron chi connectivity index (χ2n) is 8.74. The highest BCUT2D eigenvalue weighted by molar-refractivity contribution is 6.24. The van der Waals surface area contributed by atoms with Crippen molar-refractivity contribution in [1.29, 1.82) is 0 Å². The maximum atomic E-state index is 13.2. The van der Waals surface area contributed by atoms with E-state index in [1.807, 2.05) is 49.4 Å². The lowest BCUT2D eigenvalue weighted by atomic mass is 9.91. The van der Waals surface area contributed by atoms with E-state index < -0.39 is 0 Å². The van der Waals surface area contributed by atoms with Crippen LogP contribution in [0.15, 0.2) is 42.5 Å². The average Bonchev–Trinajstić information content (AvgIpc) is 2.81. The van der Waals surface area contributed by atoms with Crippen LogP contribution in [0.3, 0.4) is 0 Å². The van der Waals surface area contributed by atoms with Crippen molar-refractivity contribution in [3.63, 3.8) is 0 Å². The zero-order chi connectivity index (χ0) is 23.6. The molecular formula is C29H36O4. The fourth-order valence-corrected chi connectivity index (χ4v) is 4.26. The van der Waals surface area contributed by atoms with Crippen LogP contribution < -0.4 is 0 Å². The highest BCUT2D eigenvalue weighted by Gasteiger charge is 2.24. The fourth-order valence-electron chi connectivity index (χ4n) is 4.26. The second-order valence-corrected chi connectivity index (χ2v) is 8.74. The molecule has 4 heteroatoms. The van der Waals surface area contributed by atoms with Crippen molar-refractivity contribution in [2.75, 3.05) is 13.2 Å². The molecule has 0 N–H and O–H groups in total. The van der Waals surface area contributed by atoms with Gasteiger partial charge in [-0.3, -0.25) is 0 Å². The number of rotatable bonds is 12. The number of hydrogen-bond acceptors (Lipinski definition) is 4. The normalized spacial score (nSPS) is 11.1. The van der Waals surface area contributed by atoms with E-state index in [0.29, 0.717) is 24.3 Å². The van der Waals surface area contributed by atoms with Crippen molar-refractivity contribution in [2.24, 2.45) is 0 Å². The van der Waals surface area contributed by atoms with E-state index in [1.54, 1.807) is 0 Å². The Morgan fingerprint density at radius 2 is 1.12 bits per heavy atom. The van der Waals surface area contributed by atoms with Gasteiger partial charge in [-0.1, -0.05) is 100 Å². The van der Waals surface area contributed by atoms with Crippen LogP contribution in [0, 0.1) is 6.92 Å². The molecule has 0 atom stereocenters. The number of esters is 2. The summed E-state index contributed by atoms with van der Waals surface area (Å²) in [6.07, 6.45) is 8.36. The summed E-state index contributed by atoms with van der Waals surface area (Å²) in [6.45, 7) is 7.11. The van der Waals surface area contributed by atoms with E-state index in [9.17, 15) is 9.59 Å². The molecule has 0 saturated carbocycles. The largest absolute Gasteiger partial charge is 0.462 e. The Hall–Kier alpha value is -2.88. The number of aryl methyl sites for hydroxylation is 1. The first-order valence-corrected chi connectivity index (χ1v) is 12.4. The number of carbonyl (C=O) groups is 2. The zero-order valence-electron chi connectivity index (χ0n) is 20.2. The van der Waals surface area contributed by atoms with Crippen LogP contribution in [0.1, 0.15) is 91.5 Å². The summed E-state index contributed by atoms with van der Waals surface area (Å²) in [5, 5.41) is 2.93. The molecule has 3 aromatic carbocycles. The van der Waals surface area contributed by atoms with E-state index in [2.05, 4.69) is 13.8 Å². The minimum atomic E-state index is -0.337. The molecule has 0 aromatic heterocycles. The van der Waals surface area contributed by atoms with Gasteiger partial charge in [-0.2, -0.15) is 0 Å². The Balaban J connectivity index is 2.00. The Morgan fingerprint density at radius 3 is 1.64 bits per heavy atom. The van der Waals surface area contributed by atoms with Crippen LogP contribution >= 0.6 is 0 Å². The third-order valence-electron chi connectivity index (χ3n) is 6.05. The van der Waals surface area contributed by atoms with Crippen molar-refractivity contribution in [1.82, 2.24) is 0 Å². The Labute approximate surface area is 197 Å². The zero-order valence-corrected chi connectivity index (χ0v) is 20.2. The van der Waals surface area contributed by atoms with E-state index in [4.69, 9.17) is 9.47 Å². The number of fused-ring (bicyclic) bond motifs is 2. The Bertz CT molecular complexity index is 1100. The maximum Gasteiger partial charge on any atom is 0.339 e. The maximum absolute atomic E-state index is 13.2. The first-order chi connectivity index (χ1) is 16.1. The fraction of sp³-hybridized carbons (Fsp3) is 0.448. The molecule has 176 valence electrons. The molecule has 0 radical (unpaired) electrons. The molecule has 0 amide bonds. The lowest BCUT2D eigenvalue weighted by Crippen LogP contribution is -2.12. The summed E-state index contributed by atoms with van der Waals surface area (Å²) in [5.74, 6) is -0.672. The predicted octanol–water partition coefficient (Wildman–Crippen LogP) is 7.78. The topological polar surface area (TPSA) is 52.6 Å². The minimum absolute atomic E-state index is 0.335. The number of hydrogen-bond donors (Lipinski definition) is 0. The number of ether oxygens (including phenoxy) is 2. The summed E-state index contributed by atoms with van der Waals surface area (Å²) in [6, 6.07) is 13.4. The number of benzene rings is 3. The van der Waals surface area contributed by atoms with Gasteiger partial charge in [-0.05, 0) is 41.3 Å². The van der Waals surface area contributed by atoms with Gasteiger partial charge in [-0.15, -0.1) is 0 Å². The first-order valence-electron chi connectivity index (χ1n) is 12.4. The van der Waals surface area contributed by atoms with Crippen molar-refractivity contribution >= 4 is 33.5 Å². The SMILES string of the molecule is CCCCCCOC(=O)c1c2ccccc2c(C(=O)OCCCCCC)c2cc(C)ccc12. The molecule has 0 spiro atoms. The third-order valence-corrected chi connectivity index (χ3v) is 6.05. The molecular weight excluding hydrogens is 412 g/mol. The van der Waals surface area contributed by atoms with Crippen LogP contribution in [0.25, 0.3) is 21.5 Å². The van der Waals surface area contributed by atoms with Crippen molar-refractivity contribution in [2.45, 2.75) is 72.1 Å². The third kappa shape index (κ3) is 6.13. The smallest absolute Gasteiger partial charge is 0.339 e. The molecule has 0 unspecified atom stereocenters. The molecule has 4 nitrogen and oxygen atoms in total. The average molecular weight is 449 g/mol. The van der Waals surface area contributed by atoms with Gasteiger partial charge in [0.05, 0.1) is 24.3 Å². The monoisotopic (exact) mass is 448 g/mol. The Kier molecular flexibility index (Phi) is 9.29. The van der Waals surface area contributed by atoms with Gasteiger partial charge < -0.3 is 9.47 Å². The summed E-state index contributed by atoms with van der Waals surface area (Å²) in [4.78, 5) is 26.4. The van der Waals surface area contributed by atoms with E-state index in [1.165, 1.54) is 0 Å². The lowest BCUT2D eigenvalue weighted by molar-refractivity contribution is 0.0490. The van der Waals surface area contributed by atoms with Crippen molar-refractivity contribution < 1.29 is 19.1 Å². The van der Waals surface area contributed by atoms with Crippen LogP contribution in [-0.4, -0.2) is 25.2 Å². The quantitative estimate of drug-likeness (QED) is 0.161. The molecule has 0 aliphatic heterocycles. The molecule has 0 heterocycles. The first kappa shape index (κ1) is 24.8. The molecule has 0 bridgehead atoms. The summed E-state index contributed by atoms with van der Waals surface area (Å²) >= 11 is 0. The van der Waals surface area contributed by atoms with Gasteiger partial charge in [0.2, 0.25) is 0 Å².